The van der Waals surface area contributed by atoms with Crippen LogP contribution in [0, 0.1) is 0 Å². The Morgan fingerprint density at radius 2 is 1.73 bits per heavy atom. The Morgan fingerprint density at radius 1 is 0.900 bits per heavy atom. The SMILES string of the molecule is Nc1cccc(C23CCCC(C2)N(Cc2cccc(Oc4ccccc4)c2)CC3)c1. The van der Waals surface area contributed by atoms with E-state index in [0.717, 1.165) is 30.3 Å². The number of rotatable bonds is 5. The van der Waals surface area contributed by atoms with Gasteiger partial charge in [-0.25, -0.2) is 0 Å². The van der Waals surface area contributed by atoms with Gasteiger partial charge < -0.3 is 10.5 Å². The molecule has 2 aliphatic rings. The van der Waals surface area contributed by atoms with Crippen molar-refractivity contribution in [2.45, 2.75) is 50.1 Å². The third kappa shape index (κ3) is 3.95. The predicted octanol–water partition coefficient (Wildman–Crippen LogP) is 6.15. The van der Waals surface area contributed by atoms with Gasteiger partial charge in [0.1, 0.15) is 11.5 Å². The normalized spacial score (nSPS) is 23.8. The lowest BCUT2D eigenvalue weighted by Crippen LogP contribution is -2.51. The number of para-hydroxylation sites is 1. The highest BCUT2D eigenvalue weighted by Gasteiger charge is 2.43. The molecule has 0 radical (unpaired) electrons. The quantitative estimate of drug-likeness (QED) is 0.524. The highest BCUT2D eigenvalue weighted by Crippen LogP contribution is 2.47. The minimum atomic E-state index is 0.313. The summed E-state index contributed by atoms with van der Waals surface area (Å²) >= 11 is 0. The number of hydrogen-bond acceptors (Lipinski definition) is 3. The second-order valence-corrected chi connectivity index (χ2v) is 8.94. The lowest BCUT2D eigenvalue weighted by molar-refractivity contribution is 0.0458. The number of hydrogen-bond donors (Lipinski definition) is 1. The fourth-order valence-electron chi connectivity index (χ4n) is 5.46. The van der Waals surface area contributed by atoms with Crippen LogP contribution in [0.4, 0.5) is 5.69 Å². The number of benzene rings is 3. The highest BCUT2D eigenvalue weighted by atomic mass is 16.5. The molecule has 154 valence electrons. The van der Waals surface area contributed by atoms with E-state index in [-0.39, 0.29) is 0 Å². The van der Waals surface area contributed by atoms with E-state index in [1.54, 1.807) is 0 Å². The van der Waals surface area contributed by atoms with Crippen molar-refractivity contribution in [2.75, 3.05) is 12.3 Å². The van der Waals surface area contributed by atoms with E-state index in [9.17, 15) is 0 Å². The van der Waals surface area contributed by atoms with Crippen molar-refractivity contribution in [3.8, 4) is 11.5 Å². The summed E-state index contributed by atoms with van der Waals surface area (Å²) in [4.78, 5) is 2.69. The van der Waals surface area contributed by atoms with E-state index in [1.807, 2.05) is 42.5 Å². The maximum Gasteiger partial charge on any atom is 0.127 e. The van der Waals surface area contributed by atoms with Gasteiger partial charge >= 0.3 is 0 Å². The molecule has 0 aromatic heterocycles. The van der Waals surface area contributed by atoms with Gasteiger partial charge in [0.15, 0.2) is 0 Å². The number of anilines is 1. The molecule has 0 spiro atoms. The first-order valence-corrected chi connectivity index (χ1v) is 11.1. The molecule has 2 N–H and O–H groups in total. The molecule has 3 nitrogen and oxygen atoms in total. The molecule has 0 amide bonds. The van der Waals surface area contributed by atoms with Crippen molar-refractivity contribution >= 4 is 5.69 Å². The van der Waals surface area contributed by atoms with Crippen LogP contribution < -0.4 is 10.5 Å². The average Bonchev–Trinajstić information content (AvgIpc) is 2.77. The molecule has 3 heteroatoms. The molecule has 3 aromatic carbocycles. The van der Waals surface area contributed by atoms with Crippen LogP contribution in [0.1, 0.15) is 43.2 Å². The van der Waals surface area contributed by atoms with Crippen LogP contribution >= 0.6 is 0 Å². The maximum absolute atomic E-state index is 6.11. The molecule has 1 heterocycles. The van der Waals surface area contributed by atoms with Gasteiger partial charge in [0.25, 0.3) is 0 Å². The minimum Gasteiger partial charge on any atom is -0.457 e. The summed E-state index contributed by atoms with van der Waals surface area (Å²) < 4.78 is 6.04. The Morgan fingerprint density at radius 3 is 2.60 bits per heavy atom. The van der Waals surface area contributed by atoms with Crippen molar-refractivity contribution < 1.29 is 4.74 Å². The van der Waals surface area contributed by atoms with E-state index < -0.39 is 0 Å². The molecule has 2 unspecified atom stereocenters. The molecule has 2 fully saturated rings. The van der Waals surface area contributed by atoms with Crippen molar-refractivity contribution in [1.29, 1.82) is 0 Å². The Bertz CT molecular complexity index is 1000. The molecule has 1 saturated heterocycles. The van der Waals surface area contributed by atoms with Crippen LogP contribution in [0.5, 0.6) is 11.5 Å². The van der Waals surface area contributed by atoms with Gasteiger partial charge in [0.05, 0.1) is 0 Å². The van der Waals surface area contributed by atoms with Crippen LogP contribution in [0.3, 0.4) is 0 Å². The zero-order valence-corrected chi connectivity index (χ0v) is 17.5. The van der Waals surface area contributed by atoms with Gasteiger partial charge in [-0.1, -0.05) is 48.9 Å². The molecule has 30 heavy (non-hydrogen) atoms. The van der Waals surface area contributed by atoms with Crippen molar-refractivity contribution in [3.05, 3.63) is 90.0 Å². The summed E-state index contributed by atoms with van der Waals surface area (Å²) in [6.45, 7) is 2.13. The number of fused-ring (bicyclic) bond motifs is 2. The fourth-order valence-corrected chi connectivity index (χ4v) is 5.46. The molecule has 2 atom stereocenters. The zero-order chi connectivity index (χ0) is 20.4. The third-order valence-electron chi connectivity index (χ3n) is 6.98. The first-order chi connectivity index (χ1) is 14.7. The second kappa shape index (κ2) is 8.16. The first-order valence-electron chi connectivity index (χ1n) is 11.1. The maximum atomic E-state index is 6.11. The Balaban J connectivity index is 1.30. The molecular formula is C27H30N2O. The number of nitrogen functional groups attached to an aromatic ring is 1. The van der Waals surface area contributed by atoms with Crippen LogP contribution in [0.15, 0.2) is 78.9 Å². The van der Waals surface area contributed by atoms with Crippen molar-refractivity contribution in [2.24, 2.45) is 0 Å². The fraction of sp³-hybridized carbons (Fsp3) is 0.333. The molecule has 3 aromatic rings. The standard InChI is InChI=1S/C27H30N2O/c28-23-9-5-8-22(18-23)27-14-6-10-24(19-27)29(16-15-27)20-21-7-4-13-26(17-21)30-25-11-2-1-3-12-25/h1-5,7-9,11-13,17-18,24H,6,10,14-16,19-20,28H2. The molecule has 5 rings (SSSR count). The number of likely N-dealkylation sites (tertiary alicyclic amines) is 1. The van der Waals surface area contributed by atoms with Gasteiger partial charge in [-0.05, 0) is 85.2 Å². The number of piperidine rings is 1. The van der Waals surface area contributed by atoms with E-state index in [4.69, 9.17) is 10.5 Å². The predicted molar refractivity (Wildman–Crippen MR) is 123 cm³/mol. The molecule has 1 aliphatic carbocycles. The Kier molecular flexibility index (Phi) is 5.22. The molecule has 1 aliphatic heterocycles. The smallest absolute Gasteiger partial charge is 0.127 e. The average molecular weight is 399 g/mol. The summed E-state index contributed by atoms with van der Waals surface area (Å²) in [5, 5.41) is 0. The third-order valence-corrected chi connectivity index (χ3v) is 6.98. The van der Waals surface area contributed by atoms with E-state index in [1.165, 1.54) is 43.2 Å². The number of ether oxygens (including phenoxy) is 1. The molecular weight excluding hydrogens is 368 g/mol. The topological polar surface area (TPSA) is 38.5 Å². The van der Waals surface area contributed by atoms with Crippen LogP contribution in [-0.4, -0.2) is 17.5 Å². The summed E-state index contributed by atoms with van der Waals surface area (Å²) in [6.07, 6.45) is 6.35. The van der Waals surface area contributed by atoms with Gasteiger partial charge in [-0.3, -0.25) is 4.90 Å². The number of nitrogens with two attached hydrogens (primary N) is 1. The first kappa shape index (κ1) is 19.2. The van der Waals surface area contributed by atoms with E-state index in [0.29, 0.717) is 11.5 Å². The molecule has 2 bridgehead atoms. The van der Waals surface area contributed by atoms with Crippen molar-refractivity contribution in [1.82, 2.24) is 4.90 Å². The summed E-state index contributed by atoms with van der Waals surface area (Å²) in [5.41, 5.74) is 10.1. The van der Waals surface area contributed by atoms with E-state index >= 15 is 0 Å². The minimum absolute atomic E-state index is 0.313. The van der Waals surface area contributed by atoms with Gasteiger partial charge in [0, 0.05) is 18.3 Å². The van der Waals surface area contributed by atoms with Crippen molar-refractivity contribution in [3.63, 3.8) is 0 Å². The van der Waals surface area contributed by atoms with E-state index in [2.05, 4.69) is 41.3 Å². The largest absolute Gasteiger partial charge is 0.457 e. The highest BCUT2D eigenvalue weighted by molar-refractivity contribution is 5.44. The lowest BCUT2D eigenvalue weighted by atomic mass is 9.63. The number of nitrogens with zero attached hydrogens (tertiary/aromatic N) is 1. The Hall–Kier alpha value is -2.78. The van der Waals surface area contributed by atoms with Crippen LogP contribution in [0.25, 0.3) is 0 Å². The summed E-state index contributed by atoms with van der Waals surface area (Å²) in [5.74, 6) is 1.79. The summed E-state index contributed by atoms with van der Waals surface area (Å²) in [6, 6.07) is 27.8. The lowest BCUT2D eigenvalue weighted by Gasteiger charge is -2.51. The van der Waals surface area contributed by atoms with Gasteiger partial charge in [0.2, 0.25) is 0 Å². The second-order valence-electron chi connectivity index (χ2n) is 8.94. The van der Waals surface area contributed by atoms with Crippen LogP contribution in [0.2, 0.25) is 0 Å². The molecule has 1 saturated carbocycles. The van der Waals surface area contributed by atoms with Gasteiger partial charge in [-0.2, -0.15) is 0 Å². The Labute approximate surface area is 179 Å². The van der Waals surface area contributed by atoms with Crippen LogP contribution in [-0.2, 0) is 12.0 Å². The van der Waals surface area contributed by atoms with Gasteiger partial charge in [-0.15, -0.1) is 0 Å². The zero-order valence-electron chi connectivity index (χ0n) is 17.5. The monoisotopic (exact) mass is 398 g/mol. The summed E-state index contributed by atoms with van der Waals surface area (Å²) in [7, 11) is 0.